The van der Waals surface area contributed by atoms with Gasteiger partial charge in [0, 0.05) is 32.4 Å². The molecule has 1 aromatic carbocycles. The smallest absolute Gasteiger partial charge is 0.326 e. The minimum absolute atomic E-state index is 0.00345. The van der Waals surface area contributed by atoms with E-state index in [-0.39, 0.29) is 30.1 Å². The number of carboxylic acid groups (broad SMARTS) is 1. The fourth-order valence-corrected chi connectivity index (χ4v) is 5.26. The Bertz CT molecular complexity index is 959. The van der Waals surface area contributed by atoms with Crippen LogP contribution in [0.4, 0.5) is 0 Å². The molecular formula is C27H39N3O5S. The Morgan fingerprint density at radius 3 is 2.31 bits per heavy atom. The number of nitrogens with one attached hydrogen (secondary N) is 2. The van der Waals surface area contributed by atoms with Crippen molar-refractivity contribution in [3.05, 3.63) is 35.4 Å². The highest BCUT2D eigenvalue weighted by Crippen LogP contribution is 2.31. The van der Waals surface area contributed by atoms with Crippen LogP contribution in [0.15, 0.2) is 24.3 Å². The summed E-state index contributed by atoms with van der Waals surface area (Å²) >= 11 is 4.37. The number of carbonyl (C=O) groups is 4. The van der Waals surface area contributed by atoms with Crippen LogP contribution in [0.25, 0.3) is 0 Å². The van der Waals surface area contributed by atoms with E-state index in [1.807, 2.05) is 43.0 Å². The number of benzene rings is 1. The number of likely N-dealkylation sites (tertiary alicyclic amines) is 1. The number of piperidine rings is 1. The van der Waals surface area contributed by atoms with Gasteiger partial charge in [0.1, 0.15) is 11.6 Å². The van der Waals surface area contributed by atoms with Gasteiger partial charge in [-0.15, -0.1) is 0 Å². The first-order chi connectivity index (χ1) is 17.0. The van der Waals surface area contributed by atoms with Crippen LogP contribution in [0.3, 0.4) is 0 Å². The molecule has 0 aromatic heterocycles. The van der Waals surface area contributed by atoms with Crippen molar-refractivity contribution in [2.24, 2.45) is 5.92 Å². The van der Waals surface area contributed by atoms with E-state index in [1.165, 1.54) is 0 Å². The summed E-state index contributed by atoms with van der Waals surface area (Å²) in [6.07, 6.45) is 4.63. The van der Waals surface area contributed by atoms with Crippen molar-refractivity contribution < 1.29 is 24.3 Å². The summed E-state index contributed by atoms with van der Waals surface area (Å²) in [5.74, 6) is -1.53. The average Bonchev–Trinajstić information content (AvgIpc) is 3.33. The maximum atomic E-state index is 13.3. The molecule has 2 aliphatic rings. The second kappa shape index (κ2) is 12.1. The summed E-state index contributed by atoms with van der Waals surface area (Å²) in [4.78, 5) is 51.6. The number of amides is 3. The van der Waals surface area contributed by atoms with E-state index in [0.29, 0.717) is 19.4 Å². The molecule has 9 heteroatoms. The predicted octanol–water partition coefficient (Wildman–Crippen LogP) is 2.91. The first-order valence-corrected chi connectivity index (χ1v) is 13.4. The molecule has 1 unspecified atom stereocenters. The van der Waals surface area contributed by atoms with Crippen LogP contribution in [-0.2, 0) is 25.6 Å². The van der Waals surface area contributed by atoms with Crippen LogP contribution in [-0.4, -0.2) is 63.6 Å². The van der Waals surface area contributed by atoms with Crippen molar-refractivity contribution in [3.63, 3.8) is 0 Å². The summed E-state index contributed by atoms with van der Waals surface area (Å²) in [6, 6.07) is 6.65. The van der Waals surface area contributed by atoms with Gasteiger partial charge in [-0.3, -0.25) is 14.4 Å². The maximum Gasteiger partial charge on any atom is 0.326 e. The van der Waals surface area contributed by atoms with Gasteiger partial charge in [0.25, 0.3) is 0 Å². The quantitative estimate of drug-likeness (QED) is 0.376. The summed E-state index contributed by atoms with van der Waals surface area (Å²) in [5, 5.41) is 14.9. The minimum atomic E-state index is -1.12. The lowest BCUT2D eigenvalue weighted by atomic mass is 9.89. The molecule has 36 heavy (non-hydrogen) atoms. The number of rotatable bonds is 9. The van der Waals surface area contributed by atoms with Crippen molar-refractivity contribution in [1.82, 2.24) is 15.5 Å². The molecule has 3 rings (SSSR count). The minimum Gasteiger partial charge on any atom is -0.480 e. The molecule has 3 N–H and O–H groups in total. The third-order valence-electron chi connectivity index (χ3n) is 7.52. The van der Waals surface area contributed by atoms with Crippen LogP contribution < -0.4 is 10.6 Å². The van der Waals surface area contributed by atoms with Crippen molar-refractivity contribution in [2.45, 2.75) is 88.5 Å². The van der Waals surface area contributed by atoms with E-state index in [4.69, 9.17) is 0 Å². The van der Waals surface area contributed by atoms with Gasteiger partial charge in [-0.05, 0) is 42.7 Å². The number of nitrogens with zero attached hydrogens (tertiary/aromatic N) is 1. The van der Waals surface area contributed by atoms with Crippen LogP contribution in [0.1, 0.15) is 76.3 Å². The lowest BCUT2D eigenvalue weighted by Crippen LogP contribution is -2.61. The van der Waals surface area contributed by atoms with Crippen LogP contribution in [0, 0.1) is 5.92 Å². The third-order valence-corrected chi connectivity index (χ3v) is 8.35. The fraction of sp³-hybridized carbons (Fsp3) is 0.630. The molecular weight excluding hydrogens is 478 g/mol. The largest absolute Gasteiger partial charge is 0.480 e. The number of thiol groups is 1. The van der Waals surface area contributed by atoms with E-state index in [1.54, 1.807) is 6.92 Å². The van der Waals surface area contributed by atoms with Gasteiger partial charge in [0.2, 0.25) is 17.7 Å². The lowest BCUT2D eigenvalue weighted by Gasteiger charge is -2.32. The van der Waals surface area contributed by atoms with Crippen LogP contribution in [0.2, 0.25) is 0 Å². The summed E-state index contributed by atoms with van der Waals surface area (Å²) in [5.41, 5.74) is 0.818. The zero-order chi connectivity index (χ0) is 26.5. The molecule has 1 saturated heterocycles. The Balaban J connectivity index is 1.67. The second-order valence-corrected chi connectivity index (χ2v) is 11.1. The van der Waals surface area contributed by atoms with Gasteiger partial charge < -0.3 is 20.6 Å². The van der Waals surface area contributed by atoms with Crippen LogP contribution >= 0.6 is 12.6 Å². The molecule has 198 valence electrons. The first kappa shape index (κ1) is 28.0. The van der Waals surface area contributed by atoms with Crippen molar-refractivity contribution >= 4 is 36.3 Å². The zero-order valence-electron chi connectivity index (χ0n) is 21.5. The molecule has 1 aromatic rings. The van der Waals surface area contributed by atoms with E-state index in [0.717, 1.165) is 43.4 Å². The highest BCUT2D eigenvalue weighted by atomic mass is 32.1. The summed E-state index contributed by atoms with van der Waals surface area (Å²) in [6.45, 7) is 6.85. The normalized spacial score (nSPS) is 21.0. The SMILES string of the molecule is CC(=O)N1CCCC(c2ccc(C[C@H](NC(=O)C3(NC(=O)[C@@H](S)C(C)C)CCCC3)C(=O)O)cc2)C1. The molecule has 1 aliphatic heterocycles. The van der Waals surface area contributed by atoms with Gasteiger partial charge in [0.05, 0.1) is 5.25 Å². The number of carbonyl (C=O) groups excluding carboxylic acids is 3. The molecule has 0 spiro atoms. The standard InChI is InChI=1S/C27H39N3O5S/c1-17(2)23(36)24(32)29-27(12-4-5-13-27)26(35)28-22(25(33)34)15-19-8-10-20(11-9-19)21-7-6-14-30(16-21)18(3)31/h8-11,17,21-23,36H,4-7,12-16H2,1-3H3,(H,28,35)(H,29,32)(H,33,34)/t21?,22-,23-/m0/s1. The van der Waals surface area contributed by atoms with Gasteiger partial charge in [-0.25, -0.2) is 4.79 Å². The van der Waals surface area contributed by atoms with Crippen molar-refractivity contribution in [1.29, 1.82) is 0 Å². The Morgan fingerprint density at radius 2 is 1.75 bits per heavy atom. The fourth-order valence-electron chi connectivity index (χ4n) is 5.19. The topological polar surface area (TPSA) is 116 Å². The van der Waals surface area contributed by atoms with Crippen LogP contribution in [0.5, 0.6) is 0 Å². The average molecular weight is 518 g/mol. The molecule has 1 heterocycles. The predicted molar refractivity (Wildman–Crippen MR) is 141 cm³/mol. The molecule has 3 amide bonds. The Hall–Kier alpha value is -2.55. The maximum absolute atomic E-state index is 13.3. The van der Waals surface area contributed by atoms with Gasteiger partial charge in [-0.1, -0.05) is 51.0 Å². The summed E-state index contributed by atoms with van der Waals surface area (Å²) < 4.78 is 0. The van der Waals surface area contributed by atoms with Gasteiger partial charge in [0.15, 0.2) is 0 Å². The molecule has 0 radical (unpaired) electrons. The first-order valence-electron chi connectivity index (χ1n) is 12.9. The number of hydrogen-bond donors (Lipinski definition) is 4. The number of aliphatic carboxylic acids is 1. The molecule has 8 nitrogen and oxygen atoms in total. The highest BCUT2D eigenvalue weighted by Gasteiger charge is 2.44. The molecule has 1 aliphatic carbocycles. The third kappa shape index (κ3) is 6.81. The van der Waals surface area contributed by atoms with Gasteiger partial charge in [-0.2, -0.15) is 12.6 Å². The van der Waals surface area contributed by atoms with E-state index in [2.05, 4.69) is 23.3 Å². The molecule has 3 atom stereocenters. The highest BCUT2D eigenvalue weighted by molar-refractivity contribution is 7.81. The van der Waals surface area contributed by atoms with Gasteiger partial charge >= 0.3 is 5.97 Å². The Morgan fingerprint density at radius 1 is 1.11 bits per heavy atom. The lowest BCUT2D eigenvalue weighted by molar-refractivity contribution is -0.143. The van der Waals surface area contributed by atoms with E-state index < -0.39 is 28.7 Å². The van der Waals surface area contributed by atoms with E-state index >= 15 is 0 Å². The van der Waals surface area contributed by atoms with Crippen molar-refractivity contribution in [2.75, 3.05) is 13.1 Å². The Labute approximate surface area is 219 Å². The zero-order valence-corrected chi connectivity index (χ0v) is 22.4. The second-order valence-electron chi connectivity index (χ2n) is 10.6. The Kier molecular flexibility index (Phi) is 9.44. The molecule has 0 bridgehead atoms. The summed E-state index contributed by atoms with van der Waals surface area (Å²) in [7, 11) is 0. The monoisotopic (exact) mass is 517 g/mol. The van der Waals surface area contributed by atoms with E-state index in [9.17, 15) is 24.3 Å². The number of carboxylic acids is 1. The number of hydrogen-bond acceptors (Lipinski definition) is 5. The van der Waals surface area contributed by atoms with Crippen molar-refractivity contribution in [3.8, 4) is 0 Å². The molecule has 1 saturated carbocycles. The molecule has 2 fully saturated rings.